The normalized spacial score (nSPS) is 18.3. The van der Waals surface area contributed by atoms with Crippen molar-refractivity contribution in [3.05, 3.63) is 29.3 Å². The highest BCUT2D eigenvalue weighted by Crippen LogP contribution is 2.23. The van der Waals surface area contributed by atoms with E-state index in [4.69, 9.17) is 4.74 Å². The molecule has 0 aromatic heterocycles. The molecule has 0 saturated carbocycles. The predicted octanol–water partition coefficient (Wildman–Crippen LogP) is 2.30. The van der Waals surface area contributed by atoms with E-state index in [0.717, 1.165) is 24.9 Å². The summed E-state index contributed by atoms with van der Waals surface area (Å²) in [5, 5.41) is 5.80. The zero-order valence-electron chi connectivity index (χ0n) is 12.3. The van der Waals surface area contributed by atoms with Crippen molar-refractivity contribution >= 4 is 5.91 Å². The fraction of sp³-hybridized carbons (Fsp3) is 0.533. The lowest BCUT2D eigenvalue weighted by molar-refractivity contribution is -0.153. The maximum absolute atomic E-state index is 12.3. The van der Waals surface area contributed by atoms with Crippen LogP contribution in [0.1, 0.15) is 24.0 Å². The quantitative estimate of drug-likeness (QED) is 0.876. The van der Waals surface area contributed by atoms with Crippen molar-refractivity contribution in [3.8, 4) is 5.75 Å². The molecule has 7 heteroatoms. The fourth-order valence-electron chi connectivity index (χ4n) is 2.32. The number of alkyl halides is 3. The van der Waals surface area contributed by atoms with Crippen LogP contribution in [-0.4, -0.2) is 31.3 Å². The van der Waals surface area contributed by atoms with Crippen molar-refractivity contribution in [3.63, 3.8) is 0 Å². The lowest BCUT2D eigenvalue weighted by Gasteiger charge is -2.16. The number of carbonyl (C=O) groups is 1. The first-order chi connectivity index (χ1) is 10.3. The van der Waals surface area contributed by atoms with Gasteiger partial charge in [0.1, 0.15) is 5.75 Å². The van der Waals surface area contributed by atoms with Crippen LogP contribution in [-0.2, 0) is 11.3 Å². The summed E-state index contributed by atoms with van der Waals surface area (Å²) in [7, 11) is 0. The summed E-state index contributed by atoms with van der Waals surface area (Å²) >= 11 is 0. The van der Waals surface area contributed by atoms with Gasteiger partial charge < -0.3 is 15.4 Å². The molecule has 1 heterocycles. The Labute approximate surface area is 127 Å². The highest BCUT2D eigenvalue weighted by Gasteiger charge is 2.29. The van der Waals surface area contributed by atoms with Gasteiger partial charge in [0.2, 0.25) is 5.91 Å². The predicted molar refractivity (Wildman–Crippen MR) is 75.6 cm³/mol. The standard InChI is InChI=1S/C15H19F3N2O2/c1-10-4-5-11(13(7-10)22-9-15(16,17)18)8-20-14(21)12-3-2-6-19-12/h4-5,7,12,19H,2-3,6,8-9H2,1H3,(H,20,21). The number of halogens is 3. The maximum atomic E-state index is 12.3. The van der Waals surface area contributed by atoms with E-state index < -0.39 is 12.8 Å². The van der Waals surface area contributed by atoms with Crippen LogP contribution in [0.4, 0.5) is 13.2 Å². The number of amides is 1. The van der Waals surface area contributed by atoms with Crippen molar-refractivity contribution in [2.75, 3.05) is 13.2 Å². The first kappa shape index (κ1) is 16.6. The molecule has 1 atom stereocenters. The summed E-state index contributed by atoms with van der Waals surface area (Å²) in [6, 6.07) is 4.77. The van der Waals surface area contributed by atoms with Crippen LogP contribution in [0.5, 0.6) is 5.75 Å². The molecule has 1 unspecified atom stereocenters. The van der Waals surface area contributed by atoms with Crippen molar-refractivity contribution < 1.29 is 22.7 Å². The molecule has 22 heavy (non-hydrogen) atoms. The monoisotopic (exact) mass is 316 g/mol. The molecule has 1 saturated heterocycles. The van der Waals surface area contributed by atoms with E-state index in [0.29, 0.717) is 5.56 Å². The SMILES string of the molecule is Cc1ccc(CNC(=O)C2CCCN2)c(OCC(F)(F)F)c1. The first-order valence-electron chi connectivity index (χ1n) is 7.15. The molecule has 122 valence electrons. The Morgan fingerprint density at radius 2 is 2.23 bits per heavy atom. The van der Waals surface area contributed by atoms with E-state index in [1.165, 1.54) is 0 Å². The first-order valence-corrected chi connectivity index (χ1v) is 7.15. The number of hydrogen-bond donors (Lipinski definition) is 2. The van der Waals surface area contributed by atoms with Crippen molar-refractivity contribution in [1.82, 2.24) is 10.6 Å². The minimum atomic E-state index is -4.39. The zero-order chi connectivity index (χ0) is 16.2. The molecule has 2 rings (SSSR count). The average molecular weight is 316 g/mol. The molecule has 1 aromatic rings. The third-order valence-corrected chi connectivity index (χ3v) is 3.44. The third kappa shape index (κ3) is 4.91. The van der Waals surface area contributed by atoms with E-state index in [1.807, 2.05) is 0 Å². The summed E-state index contributed by atoms with van der Waals surface area (Å²) in [5.41, 5.74) is 1.32. The Hall–Kier alpha value is -1.76. The number of hydrogen-bond acceptors (Lipinski definition) is 3. The highest BCUT2D eigenvalue weighted by molar-refractivity contribution is 5.82. The summed E-state index contributed by atoms with van der Waals surface area (Å²) in [5.74, 6) is 0.0110. The molecule has 1 aliphatic heterocycles. The van der Waals surface area contributed by atoms with Crippen LogP contribution in [0, 0.1) is 6.92 Å². The molecule has 1 aromatic carbocycles. The Morgan fingerprint density at radius 3 is 2.86 bits per heavy atom. The number of rotatable bonds is 5. The Balaban J connectivity index is 1.98. The average Bonchev–Trinajstić information content (AvgIpc) is 2.97. The van der Waals surface area contributed by atoms with Gasteiger partial charge in [-0.1, -0.05) is 12.1 Å². The van der Waals surface area contributed by atoms with Crippen molar-refractivity contribution in [2.45, 2.75) is 38.5 Å². The van der Waals surface area contributed by atoms with Crippen LogP contribution in [0.2, 0.25) is 0 Å². The van der Waals surface area contributed by atoms with Gasteiger partial charge in [-0.25, -0.2) is 0 Å². The van der Waals surface area contributed by atoms with E-state index in [1.54, 1.807) is 25.1 Å². The minimum Gasteiger partial charge on any atom is -0.484 e. The molecule has 0 aliphatic carbocycles. The molecular formula is C15H19F3N2O2. The second-order valence-electron chi connectivity index (χ2n) is 5.38. The molecule has 0 radical (unpaired) electrons. The number of nitrogens with one attached hydrogen (secondary N) is 2. The third-order valence-electron chi connectivity index (χ3n) is 3.44. The molecule has 1 amide bonds. The summed E-state index contributed by atoms with van der Waals surface area (Å²) < 4.78 is 41.7. The smallest absolute Gasteiger partial charge is 0.422 e. The van der Waals surface area contributed by atoms with E-state index in [9.17, 15) is 18.0 Å². The summed E-state index contributed by atoms with van der Waals surface area (Å²) in [6.45, 7) is 1.37. The molecule has 0 spiro atoms. The van der Waals surface area contributed by atoms with Gasteiger partial charge in [0.15, 0.2) is 6.61 Å². The van der Waals surface area contributed by atoms with Crippen LogP contribution >= 0.6 is 0 Å². The van der Waals surface area contributed by atoms with Gasteiger partial charge in [-0.3, -0.25) is 4.79 Å². The second-order valence-corrected chi connectivity index (χ2v) is 5.38. The summed E-state index contributed by atoms with van der Waals surface area (Å²) in [4.78, 5) is 11.9. The fourth-order valence-corrected chi connectivity index (χ4v) is 2.32. The van der Waals surface area contributed by atoms with E-state index in [2.05, 4.69) is 10.6 Å². The highest BCUT2D eigenvalue weighted by atomic mass is 19.4. The molecule has 1 aliphatic rings. The maximum Gasteiger partial charge on any atom is 0.422 e. The number of benzene rings is 1. The van der Waals surface area contributed by atoms with Crippen LogP contribution in [0.25, 0.3) is 0 Å². The number of ether oxygens (including phenoxy) is 1. The van der Waals surface area contributed by atoms with Gasteiger partial charge >= 0.3 is 6.18 Å². The molecule has 4 nitrogen and oxygen atoms in total. The molecular weight excluding hydrogens is 297 g/mol. The van der Waals surface area contributed by atoms with Crippen molar-refractivity contribution in [1.29, 1.82) is 0 Å². The zero-order valence-corrected chi connectivity index (χ0v) is 12.3. The van der Waals surface area contributed by atoms with Gasteiger partial charge in [-0.2, -0.15) is 13.2 Å². The topological polar surface area (TPSA) is 50.4 Å². The number of aryl methyl sites for hydroxylation is 1. The Bertz CT molecular complexity index is 526. The summed E-state index contributed by atoms with van der Waals surface area (Å²) in [6.07, 6.45) is -2.67. The van der Waals surface area contributed by atoms with Crippen molar-refractivity contribution in [2.24, 2.45) is 0 Å². The molecule has 0 bridgehead atoms. The lowest BCUT2D eigenvalue weighted by atomic mass is 10.1. The largest absolute Gasteiger partial charge is 0.484 e. The minimum absolute atomic E-state index is 0.139. The number of carbonyl (C=O) groups excluding carboxylic acids is 1. The van der Waals surface area contributed by atoms with E-state index in [-0.39, 0.29) is 24.2 Å². The van der Waals surface area contributed by atoms with Crippen LogP contribution in [0.3, 0.4) is 0 Å². The van der Waals surface area contributed by atoms with Gasteiger partial charge in [-0.05, 0) is 37.9 Å². The van der Waals surface area contributed by atoms with Gasteiger partial charge in [0.05, 0.1) is 6.04 Å². The van der Waals surface area contributed by atoms with Gasteiger partial charge in [-0.15, -0.1) is 0 Å². The van der Waals surface area contributed by atoms with Gasteiger partial charge in [0, 0.05) is 12.1 Å². The van der Waals surface area contributed by atoms with Crippen LogP contribution < -0.4 is 15.4 Å². The second kappa shape index (κ2) is 7.00. The Kier molecular flexibility index (Phi) is 5.28. The Morgan fingerprint density at radius 1 is 1.45 bits per heavy atom. The van der Waals surface area contributed by atoms with Crippen LogP contribution in [0.15, 0.2) is 18.2 Å². The molecule has 2 N–H and O–H groups in total. The van der Waals surface area contributed by atoms with E-state index >= 15 is 0 Å². The van der Waals surface area contributed by atoms with Gasteiger partial charge in [0.25, 0.3) is 0 Å². The molecule has 1 fully saturated rings. The lowest BCUT2D eigenvalue weighted by Crippen LogP contribution is -2.40.